The van der Waals surface area contributed by atoms with Crippen LogP contribution >= 0.6 is 11.8 Å². The number of aromatic nitrogens is 3. The van der Waals surface area contributed by atoms with Crippen molar-refractivity contribution in [3.05, 3.63) is 95.7 Å². The number of pyridine rings is 1. The van der Waals surface area contributed by atoms with Crippen molar-refractivity contribution in [2.75, 3.05) is 13.4 Å². The van der Waals surface area contributed by atoms with E-state index in [1.165, 1.54) is 0 Å². The van der Waals surface area contributed by atoms with Gasteiger partial charge in [0.25, 0.3) is 0 Å². The number of thioether (sulfide) groups is 1. The van der Waals surface area contributed by atoms with Gasteiger partial charge in [0.2, 0.25) is 5.91 Å². The third-order valence-corrected chi connectivity index (χ3v) is 7.45. The van der Waals surface area contributed by atoms with E-state index in [1.807, 2.05) is 65.9 Å². The van der Waals surface area contributed by atoms with Crippen LogP contribution in [-0.2, 0) is 24.4 Å². The van der Waals surface area contributed by atoms with E-state index in [2.05, 4.69) is 35.6 Å². The summed E-state index contributed by atoms with van der Waals surface area (Å²) in [7, 11) is 1.66. The van der Waals surface area contributed by atoms with E-state index in [1.54, 1.807) is 25.1 Å². The van der Waals surface area contributed by atoms with Gasteiger partial charge in [-0.2, -0.15) is 5.10 Å². The Morgan fingerprint density at radius 1 is 1.05 bits per heavy atom. The Labute approximate surface area is 232 Å². The molecule has 3 heterocycles. The van der Waals surface area contributed by atoms with Crippen LogP contribution in [0.1, 0.15) is 29.1 Å². The smallest absolute Gasteiger partial charge is 0.225 e. The molecule has 39 heavy (non-hydrogen) atoms. The summed E-state index contributed by atoms with van der Waals surface area (Å²) >= 11 is 1.69. The van der Waals surface area contributed by atoms with Crippen molar-refractivity contribution in [1.29, 1.82) is 0 Å². The molecule has 0 saturated heterocycles. The molecule has 200 valence electrons. The third kappa shape index (κ3) is 6.17. The third-order valence-electron chi connectivity index (χ3n) is 6.73. The van der Waals surface area contributed by atoms with Gasteiger partial charge in [-0.3, -0.25) is 9.48 Å². The number of fused-ring (bicyclic) bond motifs is 1. The molecular formula is C31H32N4O3S. The van der Waals surface area contributed by atoms with Crippen LogP contribution in [0.15, 0.2) is 82.3 Å². The first-order valence-electron chi connectivity index (χ1n) is 12.9. The Hall–Kier alpha value is -4.04. The highest BCUT2D eigenvalue weighted by atomic mass is 32.2. The zero-order chi connectivity index (χ0) is 27.4. The van der Waals surface area contributed by atoms with Crippen molar-refractivity contribution in [3.63, 3.8) is 0 Å². The van der Waals surface area contributed by atoms with Crippen LogP contribution in [0.5, 0.6) is 5.75 Å². The molecule has 0 atom stereocenters. The van der Waals surface area contributed by atoms with Gasteiger partial charge >= 0.3 is 0 Å². The van der Waals surface area contributed by atoms with E-state index in [-0.39, 0.29) is 5.91 Å². The van der Waals surface area contributed by atoms with Crippen molar-refractivity contribution in [1.82, 2.24) is 19.7 Å². The summed E-state index contributed by atoms with van der Waals surface area (Å²) in [5.41, 5.74) is 5.63. The van der Waals surface area contributed by atoms with Crippen LogP contribution in [0.25, 0.3) is 22.2 Å². The van der Waals surface area contributed by atoms with Crippen molar-refractivity contribution in [2.45, 2.75) is 44.8 Å². The van der Waals surface area contributed by atoms with Crippen molar-refractivity contribution >= 4 is 28.6 Å². The lowest BCUT2D eigenvalue weighted by molar-refractivity contribution is -0.133. The lowest BCUT2D eigenvalue weighted by Crippen LogP contribution is -2.31. The summed E-state index contributed by atoms with van der Waals surface area (Å²) in [4.78, 5) is 21.8. The number of benzene rings is 2. The molecule has 5 aromatic rings. The van der Waals surface area contributed by atoms with E-state index in [9.17, 15) is 4.79 Å². The lowest BCUT2D eigenvalue weighted by atomic mass is 10.0. The molecule has 0 aliphatic carbocycles. The number of nitrogens with zero attached hydrogens (tertiary/aromatic N) is 4. The molecule has 0 unspecified atom stereocenters. The fourth-order valence-corrected chi connectivity index (χ4v) is 5.18. The van der Waals surface area contributed by atoms with Crippen LogP contribution in [0.4, 0.5) is 0 Å². The summed E-state index contributed by atoms with van der Waals surface area (Å²) in [6.07, 6.45) is 4.02. The Balaban J connectivity index is 1.52. The first-order chi connectivity index (χ1) is 18.9. The molecule has 2 aromatic carbocycles. The summed E-state index contributed by atoms with van der Waals surface area (Å²) < 4.78 is 13.0. The molecule has 1 amide bonds. The van der Waals surface area contributed by atoms with Crippen LogP contribution < -0.4 is 4.74 Å². The topological polar surface area (TPSA) is 73.4 Å². The van der Waals surface area contributed by atoms with E-state index in [0.717, 1.165) is 55.5 Å². The molecule has 0 N–H and O–H groups in total. The zero-order valence-corrected chi connectivity index (χ0v) is 23.5. The highest BCUT2D eigenvalue weighted by molar-refractivity contribution is 7.98. The number of methoxy groups -OCH3 is 1. The molecule has 0 saturated carbocycles. The number of amides is 1. The standard InChI is InChI=1S/C31H32N4O3S/c1-21-15-22(2)35(33-21)13-12-30(36)34(20-27-9-6-14-38-27)19-25-16-23-10-11-28(39-4)18-29(23)32-31(25)24-7-5-8-26(17-24)37-3/h5-11,14-18H,12-13,19-20H2,1-4H3. The summed E-state index contributed by atoms with van der Waals surface area (Å²) in [6.45, 7) is 5.24. The van der Waals surface area contributed by atoms with Gasteiger partial charge in [-0.15, -0.1) is 11.8 Å². The van der Waals surface area contributed by atoms with Crippen LogP contribution in [0.2, 0.25) is 0 Å². The predicted octanol–water partition coefficient (Wildman–Crippen LogP) is 6.66. The number of hydrogen-bond donors (Lipinski definition) is 0. The van der Waals surface area contributed by atoms with Crippen LogP contribution in [-0.4, -0.2) is 38.9 Å². The maximum Gasteiger partial charge on any atom is 0.225 e. The highest BCUT2D eigenvalue weighted by Crippen LogP contribution is 2.31. The average Bonchev–Trinajstić information content (AvgIpc) is 3.58. The van der Waals surface area contributed by atoms with Gasteiger partial charge in [0, 0.05) is 41.0 Å². The van der Waals surface area contributed by atoms with Crippen molar-refractivity contribution in [3.8, 4) is 17.0 Å². The maximum absolute atomic E-state index is 13.7. The second kappa shape index (κ2) is 11.8. The van der Waals surface area contributed by atoms with Gasteiger partial charge < -0.3 is 14.1 Å². The van der Waals surface area contributed by atoms with Gasteiger partial charge in [0.15, 0.2) is 0 Å². The number of carbonyl (C=O) groups excluding carboxylic acids is 1. The minimum atomic E-state index is 0.0216. The molecule has 0 radical (unpaired) electrons. The van der Waals surface area contributed by atoms with Gasteiger partial charge in [0.1, 0.15) is 11.5 Å². The number of hydrogen-bond acceptors (Lipinski definition) is 6. The molecule has 3 aromatic heterocycles. The molecule has 0 aliphatic heterocycles. The fourth-order valence-electron chi connectivity index (χ4n) is 4.75. The highest BCUT2D eigenvalue weighted by Gasteiger charge is 2.20. The monoisotopic (exact) mass is 540 g/mol. The van der Waals surface area contributed by atoms with Gasteiger partial charge in [-0.1, -0.05) is 18.2 Å². The maximum atomic E-state index is 13.7. The number of aryl methyl sites for hydroxylation is 3. The minimum Gasteiger partial charge on any atom is -0.497 e. The summed E-state index contributed by atoms with van der Waals surface area (Å²) in [5.74, 6) is 1.51. The largest absolute Gasteiger partial charge is 0.497 e. The first-order valence-corrected chi connectivity index (χ1v) is 14.1. The fraction of sp³-hybridized carbons (Fsp3) is 0.258. The zero-order valence-electron chi connectivity index (χ0n) is 22.7. The van der Waals surface area contributed by atoms with E-state index < -0.39 is 0 Å². The van der Waals surface area contributed by atoms with Gasteiger partial charge in [0.05, 0.1) is 36.8 Å². The first kappa shape index (κ1) is 26.6. The number of rotatable bonds is 10. The molecule has 0 fully saturated rings. The Morgan fingerprint density at radius 3 is 2.64 bits per heavy atom. The lowest BCUT2D eigenvalue weighted by Gasteiger charge is -2.24. The quantitative estimate of drug-likeness (QED) is 0.185. The van der Waals surface area contributed by atoms with E-state index in [4.69, 9.17) is 14.1 Å². The molecule has 8 heteroatoms. The number of carbonyl (C=O) groups is 1. The molecular weight excluding hydrogens is 508 g/mol. The second-order valence-corrected chi connectivity index (χ2v) is 10.4. The Bertz CT molecular complexity index is 1590. The summed E-state index contributed by atoms with van der Waals surface area (Å²) in [5, 5.41) is 5.55. The molecule has 0 aliphatic rings. The molecule has 7 nitrogen and oxygen atoms in total. The second-order valence-electron chi connectivity index (χ2n) is 9.52. The molecule has 5 rings (SSSR count). The van der Waals surface area contributed by atoms with E-state index in [0.29, 0.717) is 26.1 Å². The summed E-state index contributed by atoms with van der Waals surface area (Å²) in [6, 6.07) is 22.1. The number of ether oxygens (including phenoxy) is 1. The predicted molar refractivity (Wildman–Crippen MR) is 155 cm³/mol. The van der Waals surface area contributed by atoms with Crippen LogP contribution in [0.3, 0.4) is 0 Å². The normalized spacial score (nSPS) is 11.2. The van der Waals surface area contributed by atoms with Crippen molar-refractivity contribution < 1.29 is 13.9 Å². The van der Waals surface area contributed by atoms with Gasteiger partial charge in [-0.25, -0.2) is 4.98 Å². The van der Waals surface area contributed by atoms with E-state index >= 15 is 0 Å². The SMILES string of the molecule is COc1cccc(-c2nc3cc(SC)ccc3cc2CN(Cc2ccco2)C(=O)CCn2nc(C)cc2C)c1. The van der Waals surface area contributed by atoms with Crippen LogP contribution in [0, 0.1) is 13.8 Å². The Morgan fingerprint density at radius 2 is 1.92 bits per heavy atom. The Kier molecular flexibility index (Phi) is 8.02. The van der Waals surface area contributed by atoms with Crippen molar-refractivity contribution in [2.24, 2.45) is 0 Å². The molecule has 0 spiro atoms. The average molecular weight is 541 g/mol. The minimum absolute atomic E-state index is 0.0216. The van der Waals surface area contributed by atoms with Gasteiger partial charge in [-0.05, 0) is 74.2 Å². The molecule has 0 bridgehead atoms. The number of furan rings is 1.